The van der Waals surface area contributed by atoms with Gasteiger partial charge in [0.15, 0.2) is 11.5 Å². The van der Waals surface area contributed by atoms with Gasteiger partial charge >= 0.3 is 0 Å². The molecule has 3 rings (SSSR count). The molecule has 9 heteroatoms. The lowest BCUT2D eigenvalue weighted by Crippen LogP contribution is -2.32. The van der Waals surface area contributed by atoms with Crippen molar-refractivity contribution in [3.05, 3.63) is 42.5 Å². The number of ether oxygens (including phenoxy) is 3. The van der Waals surface area contributed by atoms with E-state index in [1.165, 1.54) is 12.1 Å². The molecule has 2 aromatic rings. The second-order valence-electron chi connectivity index (χ2n) is 6.08. The Morgan fingerprint density at radius 1 is 1.11 bits per heavy atom. The van der Waals surface area contributed by atoms with Crippen LogP contribution >= 0.6 is 0 Å². The molecule has 0 unspecified atom stereocenters. The summed E-state index contributed by atoms with van der Waals surface area (Å²) in [7, 11) is -3.81. The van der Waals surface area contributed by atoms with E-state index in [-0.39, 0.29) is 17.8 Å². The fourth-order valence-electron chi connectivity index (χ4n) is 2.39. The maximum absolute atomic E-state index is 12.3. The highest BCUT2D eigenvalue weighted by Gasteiger charge is 2.17. The first-order valence-electron chi connectivity index (χ1n) is 8.29. The summed E-state index contributed by atoms with van der Waals surface area (Å²) in [6.07, 6.45) is -0.00884. The number of carbonyl (C=O) groups is 1. The second kappa shape index (κ2) is 7.85. The molecular weight excluding hydrogens is 372 g/mol. The zero-order valence-electron chi connectivity index (χ0n) is 14.9. The average Bonchev–Trinajstić information content (AvgIpc) is 3.08. The molecule has 0 atom stereocenters. The van der Waals surface area contributed by atoms with Gasteiger partial charge in [0.2, 0.25) is 22.7 Å². The quantitative estimate of drug-likeness (QED) is 0.748. The molecule has 0 radical (unpaired) electrons. The largest absolute Gasteiger partial charge is 0.491 e. The summed E-state index contributed by atoms with van der Waals surface area (Å²) in [6, 6.07) is 10.9. The van der Waals surface area contributed by atoms with Gasteiger partial charge in [-0.3, -0.25) is 4.79 Å². The highest BCUT2D eigenvalue weighted by molar-refractivity contribution is 7.89. The lowest BCUT2D eigenvalue weighted by molar-refractivity contribution is -0.115. The molecule has 27 heavy (non-hydrogen) atoms. The van der Waals surface area contributed by atoms with Crippen LogP contribution in [0.4, 0.5) is 5.69 Å². The number of anilines is 1. The predicted molar refractivity (Wildman–Crippen MR) is 98.6 cm³/mol. The molecule has 0 aliphatic carbocycles. The fourth-order valence-corrected chi connectivity index (χ4v) is 3.38. The molecule has 1 aliphatic rings. The number of amides is 1. The normalized spacial score (nSPS) is 12.9. The number of carbonyl (C=O) groups excluding carboxylic acids is 1. The number of hydrogen-bond donors (Lipinski definition) is 2. The van der Waals surface area contributed by atoms with Crippen molar-refractivity contribution in [3.8, 4) is 17.2 Å². The minimum atomic E-state index is -3.81. The van der Waals surface area contributed by atoms with Gasteiger partial charge in [-0.05, 0) is 50.2 Å². The van der Waals surface area contributed by atoms with Crippen LogP contribution in [0.1, 0.15) is 13.8 Å². The van der Waals surface area contributed by atoms with Crippen LogP contribution in [0, 0.1) is 0 Å². The van der Waals surface area contributed by atoms with Crippen molar-refractivity contribution in [2.24, 2.45) is 0 Å². The van der Waals surface area contributed by atoms with Crippen molar-refractivity contribution in [1.82, 2.24) is 4.72 Å². The summed E-state index contributed by atoms with van der Waals surface area (Å²) in [5.74, 6) is 1.19. The van der Waals surface area contributed by atoms with E-state index in [0.717, 1.165) is 0 Å². The van der Waals surface area contributed by atoms with Crippen LogP contribution in [0.2, 0.25) is 0 Å². The van der Waals surface area contributed by atoms with Crippen LogP contribution < -0.4 is 24.2 Å². The van der Waals surface area contributed by atoms with Crippen LogP contribution in [0.3, 0.4) is 0 Å². The number of fused-ring (bicyclic) bond motifs is 1. The zero-order valence-corrected chi connectivity index (χ0v) is 15.7. The Morgan fingerprint density at radius 2 is 1.81 bits per heavy atom. The molecule has 0 saturated carbocycles. The van der Waals surface area contributed by atoms with Crippen molar-refractivity contribution in [2.45, 2.75) is 24.8 Å². The molecule has 144 valence electrons. The van der Waals surface area contributed by atoms with Gasteiger partial charge in [-0.25, -0.2) is 13.1 Å². The highest BCUT2D eigenvalue weighted by Crippen LogP contribution is 2.34. The van der Waals surface area contributed by atoms with Crippen LogP contribution in [-0.2, 0) is 14.8 Å². The van der Waals surface area contributed by atoms with Gasteiger partial charge in [0.05, 0.1) is 17.5 Å². The smallest absolute Gasteiger partial charge is 0.241 e. The molecule has 0 saturated heterocycles. The molecule has 2 N–H and O–H groups in total. The number of sulfonamides is 1. The first kappa shape index (κ1) is 19.0. The minimum absolute atomic E-state index is 0.00884. The first-order chi connectivity index (χ1) is 12.8. The van der Waals surface area contributed by atoms with E-state index in [4.69, 9.17) is 14.2 Å². The predicted octanol–water partition coefficient (Wildman–Crippen LogP) is 2.12. The van der Waals surface area contributed by atoms with Gasteiger partial charge in [-0.1, -0.05) is 0 Å². The lowest BCUT2D eigenvalue weighted by Gasteiger charge is -2.11. The topological polar surface area (TPSA) is 103 Å². The number of benzene rings is 2. The molecule has 1 amide bonds. The van der Waals surface area contributed by atoms with E-state index >= 15 is 0 Å². The van der Waals surface area contributed by atoms with E-state index in [2.05, 4.69) is 10.0 Å². The Morgan fingerprint density at radius 3 is 2.52 bits per heavy atom. The summed E-state index contributed by atoms with van der Waals surface area (Å²) in [4.78, 5) is 12.1. The molecule has 2 aromatic carbocycles. The van der Waals surface area contributed by atoms with Crippen LogP contribution in [-0.4, -0.2) is 33.8 Å². The SMILES string of the molecule is CC(C)Oc1ccc(S(=O)(=O)NCC(=O)Nc2ccc3c(c2)OCO3)cc1. The average molecular weight is 392 g/mol. The van der Waals surface area contributed by atoms with Gasteiger partial charge in [0, 0.05) is 11.8 Å². The van der Waals surface area contributed by atoms with Crippen LogP contribution in [0.5, 0.6) is 17.2 Å². The summed E-state index contributed by atoms with van der Waals surface area (Å²) in [5.41, 5.74) is 0.485. The molecule has 0 aromatic heterocycles. The van der Waals surface area contributed by atoms with E-state index < -0.39 is 22.5 Å². The number of hydrogen-bond acceptors (Lipinski definition) is 6. The van der Waals surface area contributed by atoms with Crippen LogP contribution in [0.25, 0.3) is 0 Å². The van der Waals surface area contributed by atoms with Gasteiger partial charge in [-0.15, -0.1) is 0 Å². The zero-order chi connectivity index (χ0) is 19.4. The number of nitrogens with one attached hydrogen (secondary N) is 2. The highest BCUT2D eigenvalue weighted by atomic mass is 32.2. The second-order valence-corrected chi connectivity index (χ2v) is 7.85. The van der Waals surface area contributed by atoms with Gasteiger partial charge < -0.3 is 19.5 Å². The molecule has 0 fully saturated rings. The van der Waals surface area contributed by atoms with Crippen LogP contribution in [0.15, 0.2) is 47.4 Å². The summed E-state index contributed by atoms with van der Waals surface area (Å²) in [5, 5.41) is 2.60. The molecule has 1 aliphatic heterocycles. The Kier molecular flexibility index (Phi) is 5.52. The van der Waals surface area contributed by atoms with Gasteiger partial charge in [0.1, 0.15) is 5.75 Å². The lowest BCUT2D eigenvalue weighted by atomic mass is 10.3. The van der Waals surface area contributed by atoms with E-state index in [0.29, 0.717) is 22.9 Å². The van der Waals surface area contributed by atoms with Crippen molar-refractivity contribution < 1.29 is 27.4 Å². The molecule has 0 spiro atoms. The first-order valence-corrected chi connectivity index (χ1v) is 9.78. The third kappa shape index (κ3) is 4.89. The standard InChI is InChI=1S/C18H20N2O6S/c1-12(2)26-14-4-6-15(7-5-14)27(22,23)19-10-18(21)20-13-3-8-16-17(9-13)25-11-24-16/h3-9,12,19H,10-11H2,1-2H3,(H,20,21). The van der Waals surface area contributed by atoms with Gasteiger partial charge in [-0.2, -0.15) is 0 Å². The summed E-state index contributed by atoms with van der Waals surface area (Å²) < 4.78 is 42.8. The van der Waals surface area contributed by atoms with Gasteiger partial charge in [0.25, 0.3) is 0 Å². The van der Waals surface area contributed by atoms with E-state index in [9.17, 15) is 13.2 Å². The maximum Gasteiger partial charge on any atom is 0.241 e. The molecular formula is C18H20N2O6S. The Labute approximate surface area is 157 Å². The molecule has 8 nitrogen and oxygen atoms in total. The Bertz CT molecular complexity index is 925. The number of rotatable bonds is 7. The third-order valence-electron chi connectivity index (χ3n) is 3.58. The van der Waals surface area contributed by atoms with E-state index in [1.807, 2.05) is 13.8 Å². The summed E-state index contributed by atoms with van der Waals surface area (Å²) in [6.45, 7) is 3.49. The molecule has 1 heterocycles. The molecule has 0 bridgehead atoms. The minimum Gasteiger partial charge on any atom is -0.491 e. The van der Waals surface area contributed by atoms with Crippen molar-refractivity contribution in [1.29, 1.82) is 0 Å². The fraction of sp³-hybridized carbons (Fsp3) is 0.278. The maximum atomic E-state index is 12.3. The van der Waals surface area contributed by atoms with Crippen molar-refractivity contribution >= 4 is 21.6 Å². The van der Waals surface area contributed by atoms with Crippen molar-refractivity contribution in [2.75, 3.05) is 18.7 Å². The monoisotopic (exact) mass is 392 g/mol. The third-order valence-corrected chi connectivity index (χ3v) is 5.00. The Hall–Kier alpha value is -2.78. The Balaban J connectivity index is 1.57. The summed E-state index contributed by atoms with van der Waals surface area (Å²) >= 11 is 0. The van der Waals surface area contributed by atoms with E-state index in [1.54, 1.807) is 30.3 Å². The van der Waals surface area contributed by atoms with Crippen molar-refractivity contribution in [3.63, 3.8) is 0 Å².